The van der Waals surface area contributed by atoms with Gasteiger partial charge in [0.2, 0.25) is 0 Å². The van der Waals surface area contributed by atoms with Crippen LogP contribution in [0.1, 0.15) is 30.7 Å². The van der Waals surface area contributed by atoms with E-state index in [1.807, 2.05) is 55.5 Å². The van der Waals surface area contributed by atoms with E-state index in [4.69, 9.17) is 21.3 Å². The number of hydrogen-bond donors (Lipinski definition) is 0. The van der Waals surface area contributed by atoms with Crippen LogP contribution in [0.5, 0.6) is 0 Å². The molecule has 0 saturated carbocycles. The van der Waals surface area contributed by atoms with E-state index in [9.17, 15) is 4.79 Å². The van der Waals surface area contributed by atoms with Crippen molar-refractivity contribution in [2.75, 3.05) is 13.7 Å². The molecule has 2 aromatic carbocycles. The zero-order chi connectivity index (χ0) is 18.7. The maximum Gasteiger partial charge on any atom is 0.262 e. The summed E-state index contributed by atoms with van der Waals surface area (Å²) in [5, 5.41) is 2.06. The Morgan fingerprint density at radius 2 is 1.85 bits per heavy atom. The molecule has 4 nitrogen and oxygen atoms in total. The smallest absolute Gasteiger partial charge is 0.262 e. The number of methoxy groups -OCH3 is 1. The number of hydrogen-bond acceptors (Lipinski definition) is 4. The van der Waals surface area contributed by atoms with Crippen molar-refractivity contribution in [2.45, 2.75) is 30.3 Å². The summed E-state index contributed by atoms with van der Waals surface area (Å²) in [4.78, 5) is 17.8. The third kappa shape index (κ3) is 3.80. The van der Waals surface area contributed by atoms with Crippen molar-refractivity contribution in [3.05, 3.63) is 69.5 Å². The van der Waals surface area contributed by atoms with Crippen LogP contribution in [0.25, 0.3) is 10.9 Å². The van der Waals surface area contributed by atoms with Gasteiger partial charge in [-0.15, -0.1) is 0 Å². The second-order valence-corrected chi connectivity index (χ2v) is 7.89. The predicted octanol–water partition coefficient (Wildman–Crippen LogP) is 5.11. The Labute approximate surface area is 162 Å². The largest absolute Gasteiger partial charge is 0.383 e. The lowest BCUT2D eigenvalue weighted by Crippen LogP contribution is -2.28. The van der Waals surface area contributed by atoms with E-state index in [0.717, 1.165) is 5.56 Å². The van der Waals surface area contributed by atoms with Gasteiger partial charge >= 0.3 is 0 Å². The molecule has 2 atom stereocenters. The van der Waals surface area contributed by atoms with Crippen molar-refractivity contribution in [1.82, 2.24) is 9.55 Å². The van der Waals surface area contributed by atoms with Crippen LogP contribution >= 0.6 is 23.4 Å². The maximum absolute atomic E-state index is 13.1. The second kappa shape index (κ2) is 8.25. The van der Waals surface area contributed by atoms with Crippen LogP contribution in [-0.2, 0) is 4.74 Å². The summed E-state index contributed by atoms with van der Waals surface area (Å²) in [6.45, 7) is 4.47. The van der Waals surface area contributed by atoms with Crippen LogP contribution in [0.4, 0.5) is 0 Å². The zero-order valence-corrected chi connectivity index (χ0v) is 16.6. The molecule has 0 fully saturated rings. The summed E-state index contributed by atoms with van der Waals surface area (Å²) in [5.41, 5.74) is 1.67. The van der Waals surface area contributed by atoms with Gasteiger partial charge in [-0.2, -0.15) is 0 Å². The minimum atomic E-state index is -0.120. The summed E-state index contributed by atoms with van der Waals surface area (Å²) >= 11 is 7.87. The molecule has 0 aliphatic carbocycles. The Balaban J connectivity index is 2.10. The molecule has 0 radical (unpaired) electrons. The van der Waals surface area contributed by atoms with Gasteiger partial charge in [0.1, 0.15) is 0 Å². The first-order chi connectivity index (χ1) is 12.5. The molecule has 3 aromatic rings. The van der Waals surface area contributed by atoms with Crippen LogP contribution in [0.3, 0.4) is 0 Å². The highest BCUT2D eigenvalue weighted by molar-refractivity contribution is 7.99. The summed E-state index contributed by atoms with van der Waals surface area (Å²) < 4.78 is 7.00. The number of rotatable bonds is 6. The lowest BCUT2D eigenvalue weighted by Gasteiger charge is -2.21. The lowest BCUT2D eigenvalue weighted by molar-refractivity contribution is 0.156. The fourth-order valence-corrected chi connectivity index (χ4v) is 4.48. The normalized spacial score (nSPS) is 13.7. The molecular weight excluding hydrogens is 368 g/mol. The topological polar surface area (TPSA) is 44.1 Å². The predicted molar refractivity (Wildman–Crippen MR) is 108 cm³/mol. The second-order valence-electron chi connectivity index (χ2n) is 6.17. The molecule has 26 heavy (non-hydrogen) atoms. The molecule has 0 spiro atoms. The number of fused-ring (bicyclic) bond motifs is 1. The van der Waals surface area contributed by atoms with Gasteiger partial charge in [-0.05, 0) is 37.6 Å². The molecule has 1 heterocycles. The van der Waals surface area contributed by atoms with Gasteiger partial charge in [0.25, 0.3) is 5.56 Å². The van der Waals surface area contributed by atoms with Gasteiger partial charge in [0, 0.05) is 17.4 Å². The number of ether oxygens (including phenoxy) is 1. The molecule has 0 bridgehead atoms. The van der Waals surface area contributed by atoms with Gasteiger partial charge in [-0.25, -0.2) is 4.98 Å². The van der Waals surface area contributed by atoms with Crippen molar-refractivity contribution in [3.8, 4) is 0 Å². The molecule has 0 N–H and O–H groups in total. The maximum atomic E-state index is 13.1. The quantitative estimate of drug-likeness (QED) is 0.434. The van der Waals surface area contributed by atoms with Gasteiger partial charge in [-0.3, -0.25) is 9.36 Å². The highest BCUT2D eigenvalue weighted by Crippen LogP contribution is 2.37. The zero-order valence-electron chi connectivity index (χ0n) is 15.0. The van der Waals surface area contributed by atoms with Crippen molar-refractivity contribution in [1.29, 1.82) is 0 Å². The molecular formula is C20H21ClN2O2S. The molecule has 0 unspecified atom stereocenters. The minimum Gasteiger partial charge on any atom is -0.383 e. The highest BCUT2D eigenvalue weighted by Gasteiger charge is 2.20. The number of thioether (sulfide) groups is 1. The first-order valence-electron chi connectivity index (χ1n) is 8.44. The number of halogens is 1. The summed E-state index contributed by atoms with van der Waals surface area (Å²) in [6, 6.07) is 15.1. The first kappa shape index (κ1) is 19.0. The van der Waals surface area contributed by atoms with E-state index in [-0.39, 0.29) is 16.9 Å². The van der Waals surface area contributed by atoms with Gasteiger partial charge < -0.3 is 4.74 Å². The highest BCUT2D eigenvalue weighted by atomic mass is 35.5. The lowest BCUT2D eigenvalue weighted by atomic mass is 10.2. The van der Waals surface area contributed by atoms with Crippen molar-refractivity contribution in [2.24, 2.45) is 0 Å². The van der Waals surface area contributed by atoms with Crippen molar-refractivity contribution in [3.63, 3.8) is 0 Å². The van der Waals surface area contributed by atoms with Gasteiger partial charge in [-0.1, -0.05) is 53.7 Å². The number of benzene rings is 2. The van der Waals surface area contributed by atoms with Crippen LogP contribution in [-0.4, -0.2) is 23.3 Å². The SMILES string of the molecule is COC[C@H](C)n1c(S[C@@H](C)c2ccccc2Cl)nc2ccccc2c1=O. The average Bonchev–Trinajstić information content (AvgIpc) is 2.62. The van der Waals surface area contributed by atoms with Crippen LogP contribution < -0.4 is 5.56 Å². The molecule has 136 valence electrons. The third-order valence-corrected chi connectivity index (χ3v) is 5.70. The summed E-state index contributed by atoms with van der Waals surface area (Å²) in [5.74, 6) is 0. The first-order valence-corrected chi connectivity index (χ1v) is 9.70. The molecule has 6 heteroatoms. The fourth-order valence-electron chi connectivity index (χ4n) is 2.94. The number of aromatic nitrogens is 2. The Bertz CT molecular complexity index is 973. The van der Waals surface area contributed by atoms with Crippen LogP contribution in [0.2, 0.25) is 5.02 Å². The van der Waals surface area contributed by atoms with Crippen molar-refractivity contribution < 1.29 is 4.74 Å². The number of para-hydroxylation sites is 1. The minimum absolute atomic E-state index is 0.0472. The van der Waals surface area contributed by atoms with Crippen LogP contribution in [0, 0.1) is 0 Å². The monoisotopic (exact) mass is 388 g/mol. The van der Waals surface area contributed by atoms with Crippen molar-refractivity contribution >= 4 is 34.3 Å². The Morgan fingerprint density at radius 1 is 1.15 bits per heavy atom. The standard InChI is InChI=1S/C20H21ClN2O2S/c1-13(12-25-3)23-19(24)16-9-5-7-11-18(16)22-20(23)26-14(2)15-8-4-6-10-17(15)21/h4-11,13-14H,12H2,1-3H3/t13-,14-/m0/s1. The van der Waals surface area contributed by atoms with E-state index in [0.29, 0.717) is 27.7 Å². The van der Waals surface area contributed by atoms with E-state index in [2.05, 4.69) is 6.92 Å². The molecule has 0 saturated heterocycles. The third-order valence-electron chi connectivity index (χ3n) is 4.25. The summed E-state index contributed by atoms with van der Waals surface area (Å²) in [6.07, 6.45) is 0. The van der Waals surface area contributed by atoms with Crippen LogP contribution in [0.15, 0.2) is 58.5 Å². The molecule has 3 rings (SSSR count). The Kier molecular flexibility index (Phi) is 6.01. The average molecular weight is 389 g/mol. The van der Waals surface area contributed by atoms with E-state index in [1.165, 1.54) is 11.8 Å². The summed E-state index contributed by atoms with van der Waals surface area (Å²) in [7, 11) is 1.63. The molecule has 0 aliphatic heterocycles. The molecule has 0 amide bonds. The number of nitrogens with zero attached hydrogens (tertiary/aromatic N) is 2. The Morgan fingerprint density at radius 3 is 2.58 bits per heavy atom. The van der Waals surface area contributed by atoms with Gasteiger partial charge in [0.15, 0.2) is 5.16 Å². The van der Waals surface area contributed by atoms with Gasteiger partial charge in [0.05, 0.1) is 23.6 Å². The Hall–Kier alpha value is -1.82. The fraction of sp³-hybridized carbons (Fsp3) is 0.300. The van der Waals surface area contributed by atoms with E-state index >= 15 is 0 Å². The van der Waals surface area contributed by atoms with E-state index < -0.39 is 0 Å². The molecule has 1 aromatic heterocycles. The molecule has 0 aliphatic rings. The van der Waals surface area contributed by atoms with E-state index in [1.54, 1.807) is 11.7 Å².